The normalized spacial score (nSPS) is 13.8. The molecule has 0 radical (unpaired) electrons. The second kappa shape index (κ2) is 5.38. The fourth-order valence-electron chi connectivity index (χ4n) is 2.60. The van der Waals surface area contributed by atoms with Crippen molar-refractivity contribution in [2.75, 3.05) is 11.4 Å². The molecule has 0 saturated carbocycles. The first kappa shape index (κ1) is 12.7. The number of aryl methyl sites for hydroxylation is 1. The summed E-state index contributed by atoms with van der Waals surface area (Å²) in [5.74, 6) is 0. The van der Waals surface area contributed by atoms with Gasteiger partial charge < -0.3 is 4.90 Å². The van der Waals surface area contributed by atoms with Crippen LogP contribution in [0, 0.1) is 13.8 Å². The zero-order valence-electron chi connectivity index (χ0n) is 12.0. The number of hydrogen-bond acceptors (Lipinski definition) is 1. The third kappa shape index (κ3) is 2.39. The highest BCUT2D eigenvalue weighted by Gasteiger charge is 2.14. The number of anilines is 1. The van der Waals surface area contributed by atoms with E-state index in [1.165, 1.54) is 27.9 Å². The van der Waals surface area contributed by atoms with Crippen molar-refractivity contribution in [2.24, 2.45) is 0 Å². The molecule has 0 atom stereocenters. The molecule has 0 amide bonds. The van der Waals surface area contributed by atoms with Crippen molar-refractivity contribution in [3.8, 4) is 0 Å². The number of nitrogens with zero attached hydrogens (tertiary/aromatic N) is 1. The van der Waals surface area contributed by atoms with Gasteiger partial charge in [-0.3, -0.25) is 0 Å². The maximum atomic E-state index is 2.32. The Morgan fingerprint density at radius 1 is 1.00 bits per heavy atom. The molecule has 1 aliphatic heterocycles. The van der Waals surface area contributed by atoms with Crippen LogP contribution in [0.3, 0.4) is 0 Å². The van der Waals surface area contributed by atoms with Gasteiger partial charge in [-0.25, -0.2) is 0 Å². The van der Waals surface area contributed by atoms with Crippen molar-refractivity contribution in [2.45, 2.75) is 13.8 Å². The summed E-state index contributed by atoms with van der Waals surface area (Å²) in [6.07, 6.45) is 8.79. The van der Waals surface area contributed by atoms with E-state index in [1.54, 1.807) is 0 Å². The van der Waals surface area contributed by atoms with Crippen molar-refractivity contribution < 1.29 is 0 Å². The van der Waals surface area contributed by atoms with Gasteiger partial charge in [0.1, 0.15) is 0 Å². The quantitative estimate of drug-likeness (QED) is 0.750. The minimum atomic E-state index is 0.931. The second-order valence-electron chi connectivity index (χ2n) is 5.23. The largest absolute Gasteiger partial charge is 0.343 e. The van der Waals surface area contributed by atoms with Crippen LogP contribution in [0.1, 0.15) is 22.3 Å². The molecule has 0 aromatic heterocycles. The Hall–Kier alpha value is -2.28. The van der Waals surface area contributed by atoms with Crippen LogP contribution >= 0.6 is 0 Å². The smallest absolute Gasteiger partial charge is 0.0514 e. The average Bonchev–Trinajstić information content (AvgIpc) is 2.50. The molecule has 2 aromatic rings. The Morgan fingerprint density at radius 3 is 2.60 bits per heavy atom. The summed E-state index contributed by atoms with van der Waals surface area (Å²) in [7, 11) is 0. The summed E-state index contributed by atoms with van der Waals surface area (Å²) in [5, 5.41) is 0. The van der Waals surface area contributed by atoms with Crippen molar-refractivity contribution in [1.82, 2.24) is 0 Å². The molecular weight excluding hydrogens is 242 g/mol. The van der Waals surface area contributed by atoms with Crippen molar-refractivity contribution in [3.63, 3.8) is 0 Å². The van der Waals surface area contributed by atoms with Gasteiger partial charge in [-0.1, -0.05) is 54.6 Å². The van der Waals surface area contributed by atoms with Gasteiger partial charge in [0.2, 0.25) is 0 Å². The Labute approximate surface area is 120 Å². The topological polar surface area (TPSA) is 3.24 Å². The molecule has 1 nitrogen and oxygen atoms in total. The van der Waals surface area contributed by atoms with Crippen LogP contribution in [0.15, 0.2) is 54.7 Å². The molecule has 0 aliphatic carbocycles. The van der Waals surface area contributed by atoms with Gasteiger partial charge in [0.25, 0.3) is 0 Å². The number of rotatable bonds is 2. The van der Waals surface area contributed by atoms with Gasteiger partial charge in [0, 0.05) is 12.7 Å². The first-order valence-electron chi connectivity index (χ1n) is 7.02. The van der Waals surface area contributed by atoms with Gasteiger partial charge in [0.05, 0.1) is 5.69 Å². The van der Waals surface area contributed by atoms with Crippen molar-refractivity contribution in [3.05, 3.63) is 77.0 Å². The average molecular weight is 261 g/mol. The highest BCUT2D eigenvalue weighted by molar-refractivity contribution is 5.77. The zero-order valence-corrected chi connectivity index (χ0v) is 12.0. The Kier molecular flexibility index (Phi) is 3.42. The minimum absolute atomic E-state index is 0.931. The third-order valence-corrected chi connectivity index (χ3v) is 3.87. The van der Waals surface area contributed by atoms with E-state index in [1.807, 2.05) is 6.07 Å². The molecule has 0 N–H and O–H groups in total. The van der Waals surface area contributed by atoms with E-state index < -0.39 is 0 Å². The first-order chi connectivity index (χ1) is 9.75. The predicted octanol–water partition coefficient (Wildman–Crippen LogP) is 4.81. The fourth-order valence-corrected chi connectivity index (χ4v) is 2.60. The monoisotopic (exact) mass is 261 g/mol. The molecule has 1 aliphatic rings. The van der Waals surface area contributed by atoms with Crippen LogP contribution in [0.4, 0.5) is 5.69 Å². The molecule has 2 aromatic carbocycles. The van der Waals surface area contributed by atoms with Gasteiger partial charge in [0.15, 0.2) is 0 Å². The summed E-state index contributed by atoms with van der Waals surface area (Å²) >= 11 is 0. The highest BCUT2D eigenvalue weighted by atomic mass is 15.1. The highest BCUT2D eigenvalue weighted by Crippen LogP contribution is 2.32. The molecule has 1 heteroatoms. The lowest BCUT2D eigenvalue weighted by molar-refractivity contribution is 1.06. The molecule has 0 spiro atoms. The number of benzene rings is 2. The fraction of sp³-hybridized carbons (Fsp3) is 0.158. The SMILES string of the molecule is Cc1ccc2c(c1C)N(/C=C/c1ccccc1)CC=C2. The molecule has 0 bridgehead atoms. The molecule has 0 saturated heterocycles. The Balaban J connectivity index is 1.96. The first-order valence-corrected chi connectivity index (χ1v) is 7.02. The van der Waals surface area contributed by atoms with Gasteiger partial charge in [-0.05, 0) is 42.2 Å². The van der Waals surface area contributed by atoms with E-state index in [-0.39, 0.29) is 0 Å². The van der Waals surface area contributed by atoms with Crippen LogP contribution in [0.5, 0.6) is 0 Å². The zero-order chi connectivity index (χ0) is 13.9. The minimum Gasteiger partial charge on any atom is -0.343 e. The summed E-state index contributed by atoms with van der Waals surface area (Å²) in [6.45, 7) is 5.31. The van der Waals surface area contributed by atoms with Crippen LogP contribution in [0.25, 0.3) is 12.2 Å². The predicted molar refractivity (Wildman–Crippen MR) is 87.8 cm³/mol. The molecule has 3 rings (SSSR count). The van der Waals surface area contributed by atoms with Crippen LogP contribution < -0.4 is 4.90 Å². The van der Waals surface area contributed by atoms with Crippen molar-refractivity contribution in [1.29, 1.82) is 0 Å². The van der Waals surface area contributed by atoms with Crippen LogP contribution in [-0.4, -0.2) is 6.54 Å². The van der Waals surface area contributed by atoms with Gasteiger partial charge in [-0.15, -0.1) is 0 Å². The molecule has 1 heterocycles. The Morgan fingerprint density at radius 2 is 1.80 bits per heavy atom. The van der Waals surface area contributed by atoms with E-state index >= 15 is 0 Å². The summed E-state index contributed by atoms with van der Waals surface area (Å²) in [6, 6.07) is 14.8. The Bertz CT molecular complexity index is 666. The molecule has 100 valence electrons. The lowest BCUT2D eigenvalue weighted by Gasteiger charge is -2.27. The van der Waals surface area contributed by atoms with E-state index in [9.17, 15) is 0 Å². The van der Waals surface area contributed by atoms with Gasteiger partial charge in [-0.2, -0.15) is 0 Å². The number of hydrogen-bond donors (Lipinski definition) is 0. The number of fused-ring (bicyclic) bond motifs is 1. The van der Waals surface area contributed by atoms with Crippen LogP contribution in [0.2, 0.25) is 0 Å². The van der Waals surface area contributed by atoms with E-state index in [0.29, 0.717) is 0 Å². The standard InChI is InChI=1S/C19H19N/c1-15-10-11-18-9-6-13-20(19(18)16(15)2)14-12-17-7-4-3-5-8-17/h3-12,14H,13H2,1-2H3/b14-12+. The lowest BCUT2D eigenvalue weighted by atomic mass is 9.99. The van der Waals surface area contributed by atoms with Crippen molar-refractivity contribution >= 4 is 17.8 Å². The second-order valence-corrected chi connectivity index (χ2v) is 5.23. The molecular formula is C19H19N. The van der Waals surface area contributed by atoms with E-state index in [4.69, 9.17) is 0 Å². The third-order valence-electron chi connectivity index (χ3n) is 3.87. The van der Waals surface area contributed by atoms with E-state index in [0.717, 1.165) is 6.54 Å². The summed E-state index contributed by atoms with van der Waals surface area (Å²) < 4.78 is 0. The maximum Gasteiger partial charge on any atom is 0.0514 e. The molecule has 0 unspecified atom stereocenters. The molecule has 0 fully saturated rings. The van der Waals surface area contributed by atoms with E-state index in [2.05, 4.69) is 79.6 Å². The summed E-state index contributed by atoms with van der Waals surface area (Å²) in [5.41, 5.74) is 6.58. The lowest BCUT2D eigenvalue weighted by Crippen LogP contribution is -2.20. The van der Waals surface area contributed by atoms with Gasteiger partial charge >= 0.3 is 0 Å². The summed E-state index contributed by atoms with van der Waals surface area (Å²) in [4.78, 5) is 2.32. The van der Waals surface area contributed by atoms with Crippen LogP contribution in [-0.2, 0) is 0 Å². The maximum absolute atomic E-state index is 2.32. The molecule has 20 heavy (non-hydrogen) atoms.